The molecule has 0 radical (unpaired) electrons. The third-order valence-corrected chi connectivity index (χ3v) is 12.7. The topological polar surface area (TPSA) is 12.9 Å². The summed E-state index contributed by atoms with van der Waals surface area (Å²) in [5, 5.41) is 0.526. The molecule has 12 heteroatoms. The zero-order valence-electron chi connectivity index (χ0n) is 24.8. The van der Waals surface area contributed by atoms with Crippen LogP contribution in [0.5, 0.6) is 0 Å². The molecule has 3 aromatic rings. The van der Waals surface area contributed by atoms with E-state index in [0.717, 1.165) is 5.69 Å². The molecule has 0 bridgehead atoms. The highest BCUT2D eigenvalue weighted by atomic mass is 14.7. The zero-order valence-corrected chi connectivity index (χ0v) is 24.8. The number of benzene rings is 2. The predicted molar refractivity (Wildman–Crippen MR) is 189 cm³/mol. The summed E-state index contributed by atoms with van der Waals surface area (Å²) < 4.78 is 0. The Morgan fingerprint density at radius 3 is 1.58 bits per heavy atom. The molecule has 0 unspecified atom stereocenters. The van der Waals surface area contributed by atoms with Crippen molar-refractivity contribution in [2.75, 3.05) is 0 Å². The number of rotatable bonds is 3. The number of aromatic nitrogens is 1. The standard InChI is InChI=1S/C24H36B11N/c1-13-4-2-3-5-17(13)18-12-15(10-11-36-18)14-6-8-16(9-7-14)19(25)20(26,27)22(30,31)24(34,35)23(32,33)21(19,28)29/h2-12H,25-35H2,1H3. The van der Waals surface area contributed by atoms with Gasteiger partial charge in [0.1, 0.15) is 7.85 Å². The van der Waals surface area contributed by atoms with Gasteiger partial charge in [-0.05, 0) is 35.7 Å². The first kappa shape index (κ1) is 27.3. The van der Waals surface area contributed by atoms with Crippen LogP contribution in [0.25, 0.3) is 22.4 Å². The van der Waals surface area contributed by atoms with E-state index in [9.17, 15) is 0 Å². The van der Waals surface area contributed by atoms with Crippen molar-refractivity contribution in [1.82, 2.24) is 4.98 Å². The van der Waals surface area contributed by atoms with Crippen LogP contribution in [0.15, 0.2) is 66.9 Å². The van der Waals surface area contributed by atoms with Gasteiger partial charge in [0.05, 0.1) is 84.2 Å². The van der Waals surface area contributed by atoms with E-state index in [1.807, 2.05) is 6.20 Å². The lowest BCUT2D eigenvalue weighted by atomic mass is 8.96. The maximum Gasteiger partial charge on any atom is 0.112 e. The van der Waals surface area contributed by atoms with Gasteiger partial charge in [0.25, 0.3) is 0 Å². The molecular formula is C24H36B11N. The molecule has 1 saturated carbocycles. The van der Waals surface area contributed by atoms with Crippen LogP contribution in [0.3, 0.4) is 0 Å². The Bertz CT molecular complexity index is 1270. The molecule has 2 aromatic carbocycles. The Hall–Kier alpha value is -1.70. The van der Waals surface area contributed by atoms with Gasteiger partial charge in [0.15, 0.2) is 0 Å². The first-order valence-electron chi connectivity index (χ1n) is 13.6. The van der Waals surface area contributed by atoms with Crippen LogP contribution in [0.1, 0.15) is 11.1 Å². The molecule has 36 heavy (non-hydrogen) atoms. The lowest BCUT2D eigenvalue weighted by Crippen LogP contribution is -2.70. The maximum absolute atomic E-state index is 4.68. The Morgan fingerprint density at radius 1 is 0.556 bits per heavy atom. The Morgan fingerprint density at radius 2 is 1.06 bits per heavy atom. The fraction of sp³-hybridized carbons (Fsp3) is 0.292. The van der Waals surface area contributed by atoms with Crippen molar-refractivity contribution in [2.45, 2.75) is 38.3 Å². The van der Waals surface area contributed by atoms with Crippen molar-refractivity contribution < 1.29 is 0 Å². The van der Waals surface area contributed by atoms with E-state index in [1.165, 1.54) is 27.8 Å². The molecular weight excluding hydrogens is 421 g/mol. The average Bonchev–Trinajstić information content (AvgIpc) is 2.82. The summed E-state index contributed by atoms with van der Waals surface area (Å²) in [4.78, 5) is 4.68. The van der Waals surface area contributed by atoms with Crippen LogP contribution in [0.4, 0.5) is 0 Å². The van der Waals surface area contributed by atoms with Gasteiger partial charge in [0.2, 0.25) is 0 Å². The van der Waals surface area contributed by atoms with E-state index in [-0.39, 0.29) is 31.4 Å². The molecule has 1 heterocycles. The number of aryl methyl sites for hydroxylation is 1. The highest BCUT2D eigenvalue weighted by Gasteiger charge is 2.71. The second-order valence-corrected chi connectivity index (χ2v) is 14.1. The van der Waals surface area contributed by atoms with Gasteiger partial charge < -0.3 is 0 Å². The smallest absolute Gasteiger partial charge is 0.112 e. The summed E-state index contributed by atoms with van der Waals surface area (Å²) in [6.45, 7) is 2.15. The summed E-state index contributed by atoms with van der Waals surface area (Å²) >= 11 is 0. The second kappa shape index (κ2) is 8.41. The molecule has 1 aliphatic carbocycles. The van der Waals surface area contributed by atoms with Crippen molar-refractivity contribution >= 4 is 86.3 Å². The number of nitrogens with zero attached hydrogens (tertiary/aromatic N) is 1. The van der Waals surface area contributed by atoms with E-state index in [1.54, 1.807) is 0 Å². The number of pyridine rings is 1. The lowest BCUT2D eigenvalue weighted by molar-refractivity contribution is 0.273. The predicted octanol–water partition coefficient (Wildman–Crippen LogP) is -4.52. The van der Waals surface area contributed by atoms with Gasteiger partial charge in [-0.25, -0.2) is 0 Å². The normalized spacial score (nSPS) is 22.4. The van der Waals surface area contributed by atoms with Gasteiger partial charge in [-0.15, -0.1) is 15.6 Å². The number of hydrogen-bond acceptors (Lipinski definition) is 1. The molecule has 0 saturated heterocycles. The van der Waals surface area contributed by atoms with Gasteiger partial charge in [-0.1, -0.05) is 69.8 Å². The van der Waals surface area contributed by atoms with Crippen molar-refractivity contribution in [1.29, 1.82) is 0 Å². The SMILES string of the molecule is BC1(B)C(B)(B)C(B)(B)C(B)(c2ccc(-c3ccnc(-c4ccccc4C)c3)cc2)C(B)(B)C1(B)B. The monoisotopic (exact) mass is 459 g/mol. The summed E-state index contributed by atoms with van der Waals surface area (Å²) in [5.74, 6) is 0. The average molecular weight is 457 g/mol. The van der Waals surface area contributed by atoms with Crippen LogP contribution in [0, 0.1) is 6.92 Å². The van der Waals surface area contributed by atoms with E-state index in [2.05, 4.69) is 159 Å². The first-order valence-corrected chi connectivity index (χ1v) is 13.6. The van der Waals surface area contributed by atoms with Gasteiger partial charge in [-0.2, -0.15) is 0 Å². The molecule has 1 aliphatic rings. The Kier molecular flexibility index (Phi) is 6.38. The van der Waals surface area contributed by atoms with Crippen molar-refractivity contribution in [3.8, 4) is 22.4 Å². The third-order valence-electron chi connectivity index (χ3n) is 12.7. The summed E-state index contributed by atoms with van der Waals surface area (Å²) in [7, 11) is 27.6. The molecule has 1 fully saturated rings. The van der Waals surface area contributed by atoms with Crippen LogP contribution < -0.4 is 0 Å². The summed E-state index contributed by atoms with van der Waals surface area (Å²) in [6, 6.07) is 22.3. The molecule has 0 spiro atoms. The molecule has 1 nitrogen and oxygen atoms in total. The highest BCUT2D eigenvalue weighted by molar-refractivity contribution is 6.72. The molecule has 0 N–H and O–H groups in total. The van der Waals surface area contributed by atoms with E-state index in [0.29, 0.717) is 0 Å². The lowest BCUT2D eigenvalue weighted by Gasteiger charge is -2.80. The van der Waals surface area contributed by atoms with Crippen molar-refractivity contribution in [3.05, 3.63) is 78.0 Å². The van der Waals surface area contributed by atoms with Crippen LogP contribution >= 0.6 is 0 Å². The van der Waals surface area contributed by atoms with E-state index < -0.39 is 0 Å². The van der Waals surface area contributed by atoms with Crippen molar-refractivity contribution in [2.24, 2.45) is 0 Å². The third kappa shape index (κ3) is 3.34. The molecule has 0 aliphatic heterocycles. The fourth-order valence-electron chi connectivity index (χ4n) is 7.71. The van der Waals surface area contributed by atoms with E-state index in [4.69, 9.17) is 0 Å². The maximum atomic E-state index is 4.68. The summed E-state index contributed by atoms with van der Waals surface area (Å²) in [5.41, 5.74) is 7.36. The first-order chi connectivity index (χ1) is 16.4. The Labute approximate surface area is 229 Å². The van der Waals surface area contributed by atoms with Crippen LogP contribution in [-0.4, -0.2) is 91.3 Å². The van der Waals surface area contributed by atoms with Gasteiger partial charge in [-0.3, -0.25) is 4.98 Å². The molecule has 1 aromatic heterocycles. The van der Waals surface area contributed by atoms with Crippen LogP contribution in [-0.2, 0) is 5.31 Å². The molecule has 0 atom stereocenters. The molecule has 4 rings (SSSR count). The highest BCUT2D eigenvalue weighted by Crippen LogP contribution is 2.83. The Balaban J connectivity index is 1.82. The summed E-state index contributed by atoms with van der Waals surface area (Å²) in [6.07, 6.45) is 1.94. The number of hydrogen-bond donors (Lipinski definition) is 0. The molecule has 0 amide bonds. The van der Waals surface area contributed by atoms with E-state index >= 15 is 0 Å². The fourth-order valence-corrected chi connectivity index (χ4v) is 7.71. The minimum Gasteiger partial charge on any atom is -0.256 e. The molecule has 170 valence electrons. The quantitative estimate of drug-likeness (QED) is 0.362. The minimum absolute atomic E-state index is 0.0222. The zero-order chi connectivity index (χ0) is 26.9. The van der Waals surface area contributed by atoms with Gasteiger partial charge in [0, 0.05) is 11.8 Å². The largest absolute Gasteiger partial charge is 0.256 e. The van der Waals surface area contributed by atoms with Gasteiger partial charge >= 0.3 is 0 Å². The second-order valence-electron chi connectivity index (χ2n) is 14.1. The van der Waals surface area contributed by atoms with Crippen molar-refractivity contribution in [3.63, 3.8) is 0 Å². The minimum atomic E-state index is -0.0222. The van der Waals surface area contributed by atoms with Crippen LogP contribution in [0.2, 0.25) is 26.1 Å².